The number of nitrogens with zero attached hydrogens (tertiary/aromatic N) is 3. The van der Waals surface area contributed by atoms with Crippen LogP contribution in [0.15, 0.2) is 59.4 Å². The maximum Gasteiger partial charge on any atom is 0.274 e. The average molecular weight is 382 g/mol. The Balaban J connectivity index is 1.59. The van der Waals surface area contributed by atoms with Gasteiger partial charge < -0.3 is 10.1 Å². The van der Waals surface area contributed by atoms with Gasteiger partial charge in [0, 0.05) is 22.3 Å². The molecule has 0 aliphatic rings. The van der Waals surface area contributed by atoms with Gasteiger partial charge in [-0.05, 0) is 48.5 Å². The van der Waals surface area contributed by atoms with Crippen LogP contribution in [-0.4, -0.2) is 26.7 Å². The standard InChI is InChI=1S/C19H16ClN5O2/c1-27-16-8-6-14(7-9-16)21-11-15-10-17(26)25-19(22-15)23-18(24-25)12-2-4-13(20)5-3-12/h2-10,21H,11H2,1H3,(H,22,23,24). The molecule has 2 aromatic carbocycles. The van der Waals surface area contributed by atoms with Crippen molar-refractivity contribution in [2.24, 2.45) is 0 Å². The number of hydrogen-bond acceptors (Lipinski definition) is 5. The Bertz CT molecular complexity index is 1130. The van der Waals surface area contributed by atoms with Crippen LogP contribution in [0.4, 0.5) is 5.69 Å². The monoisotopic (exact) mass is 381 g/mol. The topological polar surface area (TPSA) is 84.3 Å². The molecule has 0 saturated carbocycles. The maximum absolute atomic E-state index is 12.4. The summed E-state index contributed by atoms with van der Waals surface area (Å²) >= 11 is 5.91. The second-order valence-corrected chi connectivity index (χ2v) is 6.32. The van der Waals surface area contributed by atoms with Gasteiger partial charge in [-0.3, -0.25) is 9.89 Å². The van der Waals surface area contributed by atoms with E-state index in [-0.39, 0.29) is 5.56 Å². The normalized spacial score (nSPS) is 10.9. The van der Waals surface area contributed by atoms with E-state index in [0.29, 0.717) is 28.9 Å². The van der Waals surface area contributed by atoms with Crippen LogP contribution in [0.1, 0.15) is 5.69 Å². The number of anilines is 1. The fraction of sp³-hybridized carbons (Fsp3) is 0.105. The maximum atomic E-state index is 12.4. The summed E-state index contributed by atoms with van der Waals surface area (Å²) in [4.78, 5) is 21.3. The van der Waals surface area contributed by atoms with E-state index >= 15 is 0 Å². The second-order valence-electron chi connectivity index (χ2n) is 5.88. The molecule has 0 amide bonds. The number of fused-ring (bicyclic) bond motifs is 1. The molecule has 8 heteroatoms. The zero-order valence-corrected chi connectivity index (χ0v) is 15.2. The van der Waals surface area contributed by atoms with Crippen molar-refractivity contribution in [1.82, 2.24) is 19.6 Å². The molecule has 0 radical (unpaired) electrons. The SMILES string of the molecule is COc1ccc(NCc2cc(=O)n3[nH]c(-c4ccc(Cl)cc4)nc3n2)cc1. The van der Waals surface area contributed by atoms with Crippen molar-refractivity contribution in [3.63, 3.8) is 0 Å². The highest BCUT2D eigenvalue weighted by Gasteiger charge is 2.09. The number of hydrogen-bond donors (Lipinski definition) is 2. The van der Waals surface area contributed by atoms with E-state index in [1.165, 1.54) is 10.6 Å². The van der Waals surface area contributed by atoms with Crippen molar-refractivity contribution < 1.29 is 4.74 Å². The molecule has 0 fully saturated rings. The van der Waals surface area contributed by atoms with E-state index in [2.05, 4.69) is 20.4 Å². The van der Waals surface area contributed by atoms with Crippen LogP contribution in [0, 0.1) is 0 Å². The molecule has 0 atom stereocenters. The second kappa shape index (κ2) is 7.13. The van der Waals surface area contributed by atoms with Gasteiger partial charge in [-0.2, -0.15) is 9.50 Å². The molecule has 7 nitrogen and oxygen atoms in total. The lowest BCUT2D eigenvalue weighted by Crippen LogP contribution is -2.17. The van der Waals surface area contributed by atoms with Crippen LogP contribution in [0.5, 0.6) is 5.75 Å². The number of methoxy groups -OCH3 is 1. The van der Waals surface area contributed by atoms with Gasteiger partial charge in [0.05, 0.1) is 19.3 Å². The Morgan fingerprint density at radius 2 is 1.85 bits per heavy atom. The first-order valence-corrected chi connectivity index (χ1v) is 8.63. The van der Waals surface area contributed by atoms with Gasteiger partial charge in [-0.25, -0.2) is 4.98 Å². The Kier molecular flexibility index (Phi) is 4.52. The summed E-state index contributed by atoms with van der Waals surface area (Å²) in [5.41, 5.74) is 2.10. The number of halogens is 1. The molecule has 0 aliphatic carbocycles. The lowest BCUT2D eigenvalue weighted by Gasteiger charge is -2.06. The summed E-state index contributed by atoms with van der Waals surface area (Å²) in [7, 11) is 1.62. The summed E-state index contributed by atoms with van der Waals surface area (Å²) in [5.74, 6) is 1.65. The van der Waals surface area contributed by atoms with Crippen molar-refractivity contribution in [2.75, 3.05) is 12.4 Å². The summed E-state index contributed by atoms with van der Waals surface area (Å²) in [6, 6.07) is 16.2. The molecule has 136 valence electrons. The molecular formula is C19H16ClN5O2. The molecule has 0 unspecified atom stereocenters. The molecule has 27 heavy (non-hydrogen) atoms. The van der Waals surface area contributed by atoms with Crippen LogP contribution in [0.3, 0.4) is 0 Å². The van der Waals surface area contributed by atoms with E-state index in [9.17, 15) is 4.79 Å². The Labute approximate surface area is 159 Å². The van der Waals surface area contributed by atoms with Gasteiger partial charge in [0.1, 0.15) is 5.75 Å². The van der Waals surface area contributed by atoms with Crippen LogP contribution < -0.4 is 15.6 Å². The van der Waals surface area contributed by atoms with E-state index < -0.39 is 0 Å². The average Bonchev–Trinajstić information content (AvgIpc) is 3.12. The minimum Gasteiger partial charge on any atom is -0.497 e. The number of ether oxygens (including phenoxy) is 1. The molecular weight excluding hydrogens is 366 g/mol. The number of benzene rings is 2. The summed E-state index contributed by atoms with van der Waals surface area (Å²) < 4.78 is 6.46. The van der Waals surface area contributed by atoms with Gasteiger partial charge in [0.2, 0.25) is 0 Å². The molecule has 2 N–H and O–H groups in total. The fourth-order valence-corrected chi connectivity index (χ4v) is 2.78. The van der Waals surface area contributed by atoms with Crippen molar-refractivity contribution in [3.05, 3.63) is 75.7 Å². The van der Waals surface area contributed by atoms with Crippen molar-refractivity contribution in [2.45, 2.75) is 6.54 Å². The van der Waals surface area contributed by atoms with Gasteiger partial charge in [-0.15, -0.1) is 0 Å². The molecule has 0 bridgehead atoms. The molecule has 0 aliphatic heterocycles. The number of aromatic nitrogens is 4. The smallest absolute Gasteiger partial charge is 0.274 e. The van der Waals surface area contributed by atoms with Crippen LogP contribution in [0.25, 0.3) is 17.2 Å². The number of nitrogens with one attached hydrogen (secondary N) is 2. The molecule has 2 aromatic heterocycles. The Morgan fingerprint density at radius 3 is 2.56 bits per heavy atom. The highest BCUT2D eigenvalue weighted by atomic mass is 35.5. The van der Waals surface area contributed by atoms with Crippen molar-refractivity contribution in [3.8, 4) is 17.1 Å². The summed E-state index contributed by atoms with van der Waals surface area (Å²) in [6.07, 6.45) is 0. The molecule has 4 rings (SSSR count). The van der Waals surface area contributed by atoms with Gasteiger partial charge in [0.15, 0.2) is 5.82 Å². The number of rotatable bonds is 5. The molecule has 0 saturated heterocycles. The lowest BCUT2D eigenvalue weighted by atomic mass is 10.2. The Morgan fingerprint density at radius 1 is 1.11 bits per heavy atom. The predicted octanol–water partition coefficient (Wildman–Crippen LogP) is 3.36. The van der Waals surface area contributed by atoms with E-state index in [4.69, 9.17) is 16.3 Å². The summed E-state index contributed by atoms with van der Waals surface area (Å²) in [5, 5.41) is 6.83. The quantitative estimate of drug-likeness (QED) is 0.553. The van der Waals surface area contributed by atoms with Crippen LogP contribution in [0.2, 0.25) is 5.02 Å². The van der Waals surface area contributed by atoms with Crippen molar-refractivity contribution in [1.29, 1.82) is 0 Å². The Hall–Kier alpha value is -3.32. The molecule has 2 heterocycles. The highest BCUT2D eigenvalue weighted by molar-refractivity contribution is 6.30. The zero-order chi connectivity index (χ0) is 18.8. The van der Waals surface area contributed by atoms with E-state index in [1.54, 1.807) is 19.2 Å². The van der Waals surface area contributed by atoms with Crippen LogP contribution >= 0.6 is 11.6 Å². The van der Waals surface area contributed by atoms with Crippen LogP contribution in [-0.2, 0) is 6.54 Å². The number of aromatic amines is 1. The van der Waals surface area contributed by atoms with E-state index in [0.717, 1.165) is 17.0 Å². The zero-order valence-electron chi connectivity index (χ0n) is 14.4. The van der Waals surface area contributed by atoms with Crippen molar-refractivity contribution >= 4 is 23.1 Å². The van der Waals surface area contributed by atoms with E-state index in [1.807, 2.05) is 36.4 Å². The first-order valence-electron chi connectivity index (χ1n) is 8.25. The third kappa shape index (κ3) is 3.63. The van der Waals surface area contributed by atoms with Gasteiger partial charge in [-0.1, -0.05) is 11.6 Å². The summed E-state index contributed by atoms with van der Waals surface area (Å²) in [6.45, 7) is 0.404. The largest absolute Gasteiger partial charge is 0.497 e. The molecule has 4 aromatic rings. The first-order chi connectivity index (χ1) is 13.1. The van der Waals surface area contributed by atoms with Gasteiger partial charge >= 0.3 is 0 Å². The highest BCUT2D eigenvalue weighted by Crippen LogP contribution is 2.18. The minimum absolute atomic E-state index is 0.223. The minimum atomic E-state index is -0.223. The number of H-pyrrole nitrogens is 1. The third-order valence-corrected chi connectivity index (χ3v) is 4.32. The first kappa shape index (κ1) is 17.1. The fourth-order valence-electron chi connectivity index (χ4n) is 2.66. The predicted molar refractivity (Wildman–Crippen MR) is 104 cm³/mol. The lowest BCUT2D eigenvalue weighted by molar-refractivity contribution is 0.415. The molecule has 0 spiro atoms. The third-order valence-electron chi connectivity index (χ3n) is 4.06. The van der Waals surface area contributed by atoms with Gasteiger partial charge in [0.25, 0.3) is 11.3 Å².